The highest BCUT2D eigenvalue weighted by Crippen LogP contribution is 2.26. The van der Waals surface area contributed by atoms with Crippen LogP contribution in [0.1, 0.15) is 28.3 Å². The van der Waals surface area contributed by atoms with Crippen LogP contribution >= 0.6 is 23.2 Å². The van der Waals surface area contributed by atoms with Gasteiger partial charge < -0.3 is 10.2 Å². The van der Waals surface area contributed by atoms with Crippen LogP contribution in [0.15, 0.2) is 109 Å². The maximum atomic E-state index is 14.1. The lowest BCUT2D eigenvalue weighted by atomic mass is 10.0. The summed E-state index contributed by atoms with van der Waals surface area (Å²) in [6.45, 7) is -0.174. The highest BCUT2D eigenvalue weighted by Gasteiger charge is 2.33. The summed E-state index contributed by atoms with van der Waals surface area (Å²) in [5.41, 5.74) is 2.89. The van der Waals surface area contributed by atoms with Gasteiger partial charge in [0.1, 0.15) is 6.04 Å². The van der Waals surface area contributed by atoms with Gasteiger partial charge in [-0.1, -0.05) is 108 Å². The molecule has 10 heteroatoms. The third-order valence-electron chi connectivity index (χ3n) is 6.62. The number of nitrogens with one attached hydrogen (secondary N) is 1. The molecule has 0 aliphatic carbocycles. The van der Waals surface area contributed by atoms with Gasteiger partial charge in [0.05, 0.1) is 12.8 Å². The Hall–Kier alpha value is -3.69. The van der Waals surface area contributed by atoms with Crippen molar-refractivity contribution in [2.75, 3.05) is 12.8 Å². The second-order valence-corrected chi connectivity index (χ2v) is 12.7. The average Bonchev–Trinajstić information content (AvgIpc) is 2.98. The van der Waals surface area contributed by atoms with E-state index in [1.807, 2.05) is 24.3 Å². The summed E-state index contributed by atoms with van der Waals surface area (Å²) >= 11 is 12.1. The molecule has 0 fully saturated rings. The Morgan fingerprint density at radius 2 is 1.21 bits per heavy atom. The van der Waals surface area contributed by atoms with Gasteiger partial charge in [-0.25, -0.2) is 8.42 Å². The summed E-state index contributed by atoms with van der Waals surface area (Å²) in [5, 5.41) is 4.05. The minimum atomic E-state index is -3.77. The van der Waals surface area contributed by atoms with Crippen LogP contribution in [0.5, 0.6) is 0 Å². The molecule has 0 aliphatic rings. The largest absolute Gasteiger partial charge is 0.350 e. The summed E-state index contributed by atoms with van der Waals surface area (Å²) in [6.07, 6.45) is 1.07. The SMILES string of the molecule is CS(=O)(=O)N(CC(=O)N(Cc1ccc(Cl)cc1)[C@H](C(=O)NCc1ccc(Cl)cc1)c1ccccc1)Cc1ccccc1. The second-order valence-electron chi connectivity index (χ2n) is 9.82. The van der Waals surface area contributed by atoms with E-state index in [0.717, 1.165) is 27.3 Å². The number of hydrogen-bond donors (Lipinski definition) is 1. The Morgan fingerprint density at radius 3 is 1.76 bits per heavy atom. The Morgan fingerprint density at radius 1 is 0.714 bits per heavy atom. The summed E-state index contributed by atoms with van der Waals surface area (Å²) in [7, 11) is -3.77. The number of carbonyl (C=O) groups excluding carboxylic acids is 2. The van der Waals surface area contributed by atoms with Gasteiger partial charge in [0, 0.05) is 29.7 Å². The monoisotopic (exact) mass is 623 g/mol. The molecule has 0 heterocycles. The normalized spacial score (nSPS) is 12.1. The molecule has 4 rings (SSSR count). The fourth-order valence-electron chi connectivity index (χ4n) is 4.43. The number of nitrogens with zero attached hydrogens (tertiary/aromatic N) is 2. The van der Waals surface area contributed by atoms with Crippen LogP contribution < -0.4 is 5.32 Å². The van der Waals surface area contributed by atoms with E-state index in [1.165, 1.54) is 4.90 Å². The lowest BCUT2D eigenvalue weighted by molar-refractivity contribution is -0.141. The van der Waals surface area contributed by atoms with Crippen molar-refractivity contribution >= 4 is 45.0 Å². The first kappa shape index (κ1) is 31.3. The zero-order chi connectivity index (χ0) is 30.1. The first-order chi connectivity index (χ1) is 20.1. The predicted molar refractivity (Wildman–Crippen MR) is 166 cm³/mol. The second kappa shape index (κ2) is 14.5. The van der Waals surface area contributed by atoms with Crippen LogP contribution in [-0.4, -0.2) is 42.2 Å². The number of amides is 2. The number of hydrogen-bond acceptors (Lipinski definition) is 4. The van der Waals surface area contributed by atoms with E-state index < -0.39 is 34.4 Å². The number of carbonyl (C=O) groups is 2. The van der Waals surface area contributed by atoms with Crippen molar-refractivity contribution in [2.24, 2.45) is 0 Å². The minimum Gasteiger partial charge on any atom is -0.350 e. The lowest BCUT2D eigenvalue weighted by Gasteiger charge is -2.33. The van der Waals surface area contributed by atoms with E-state index in [0.29, 0.717) is 15.6 Å². The van der Waals surface area contributed by atoms with Crippen LogP contribution in [0.3, 0.4) is 0 Å². The van der Waals surface area contributed by atoms with E-state index in [-0.39, 0.29) is 19.6 Å². The predicted octanol–water partition coefficient (Wildman–Crippen LogP) is 5.84. The van der Waals surface area contributed by atoms with Crippen molar-refractivity contribution in [3.05, 3.63) is 141 Å². The van der Waals surface area contributed by atoms with E-state index in [9.17, 15) is 18.0 Å². The molecule has 0 radical (unpaired) electrons. The molecule has 0 aromatic heterocycles. The maximum absolute atomic E-state index is 14.1. The Bertz CT molecular complexity index is 1580. The van der Waals surface area contributed by atoms with Gasteiger partial charge in [-0.2, -0.15) is 4.31 Å². The molecule has 4 aromatic rings. The molecule has 2 amide bonds. The zero-order valence-corrected chi connectivity index (χ0v) is 25.3. The molecule has 0 aliphatic heterocycles. The smallest absolute Gasteiger partial charge is 0.247 e. The van der Waals surface area contributed by atoms with Crippen LogP contribution in [0.2, 0.25) is 10.0 Å². The van der Waals surface area contributed by atoms with Crippen molar-refractivity contribution in [1.29, 1.82) is 0 Å². The number of halogens is 2. The summed E-state index contributed by atoms with van der Waals surface area (Å²) in [4.78, 5) is 29.4. The molecule has 0 spiro atoms. The average molecular weight is 625 g/mol. The first-order valence-electron chi connectivity index (χ1n) is 13.2. The number of benzene rings is 4. The van der Waals surface area contributed by atoms with Gasteiger partial charge in [0.2, 0.25) is 21.8 Å². The van der Waals surface area contributed by atoms with Crippen molar-refractivity contribution in [3.8, 4) is 0 Å². The van der Waals surface area contributed by atoms with Crippen LogP contribution in [0, 0.1) is 0 Å². The molecule has 1 N–H and O–H groups in total. The Kier molecular flexibility index (Phi) is 10.8. The summed E-state index contributed by atoms with van der Waals surface area (Å²) in [6, 6.07) is 31.0. The van der Waals surface area contributed by atoms with E-state index in [1.54, 1.807) is 84.9 Å². The minimum absolute atomic E-state index is 0.0129. The molecule has 0 saturated carbocycles. The summed E-state index contributed by atoms with van der Waals surface area (Å²) < 4.78 is 26.7. The van der Waals surface area contributed by atoms with E-state index in [4.69, 9.17) is 23.2 Å². The molecular formula is C32H31Cl2N3O4S. The van der Waals surface area contributed by atoms with Gasteiger partial charge in [0.15, 0.2) is 0 Å². The topological polar surface area (TPSA) is 86.8 Å². The third kappa shape index (κ3) is 8.90. The molecule has 42 heavy (non-hydrogen) atoms. The highest BCUT2D eigenvalue weighted by atomic mass is 35.5. The molecule has 4 aromatic carbocycles. The zero-order valence-electron chi connectivity index (χ0n) is 23.0. The molecule has 7 nitrogen and oxygen atoms in total. The fourth-order valence-corrected chi connectivity index (χ4v) is 5.41. The summed E-state index contributed by atoms with van der Waals surface area (Å²) in [5.74, 6) is -0.936. The van der Waals surface area contributed by atoms with E-state index in [2.05, 4.69) is 5.32 Å². The van der Waals surface area contributed by atoms with Crippen LogP contribution in [0.4, 0.5) is 0 Å². The first-order valence-corrected chi connectivity index (χ1v) is 15.8. The molecule has 0 unspecified atom stereocenters. The van der Waals surface area contributed by atoms with Gasteiger partial charge in [0.25, 0.3) is 0 Å². The quantitative estimate of drug-likeness (QED) is 0.215. The fraction of sp³-hybridized carbons (Fsp3) is 0.188. The molecule has 1 atom stereocenters. The Balaban J connectivity index is 1.69. The number of sulfonamides is 1. The lowest BCUT2D eigenvalue weighted by Crippen LogP contribution is -2.47. The standard InChI is InChI=1S/C32H31Cl2N3O4S/c1-42(40,41)36(21-25-8-4-2-5-9-25)23-30(38)37(22-26-14-18-29(34)19-15-26)31(27-10-6-3-7-11-27)32(39)35-20-24-12-16-28(33)17-13-24/h2-19,31H,20-23H2,1H3,(H,35,39)/t31-/m0/s1. The Labute approximate surface area is 256 Å². The molecule has 0 bridgehead atoms. The van der Waals surface area contributed by atoms with E-state index >= 15 is 0 Å². The molecule has 0 saturated heterocycles. The third-order valence-corrected chi connectivity index (χ3v) is 8.32. The maximum Gasteiger partial charge on any atom is 0.247 e. The number of rotatable bonds is 12. The van der Waals surface area contributed by atoms with Gasteiger partial charge in [-0.05, 0) is 46.5 Å². The van der Waals surface area contributed by atoms with Crippen LogP contribution in [0.25, 0.3) is 0 Å². The van der Waals surface area contributed by atoms with Crippen molar-refractivity contribution in [1.82, 2.24) is 14.5 Å². The molecule has 218 valence electrons. The highest BCUT2D eigenvalue weighted by molar-refractivity contribution is 7.88. The van der Waals surface area contributed by atoms with Gasteiger partial charge in [-0.3, -0.25) is 9.59 Å². The van der Waals surface area contributed by atoms with Gasteiger partial charge >= 0.3 is 0 Å². The van der Waals surface area contributed by atoms with Gasteiger partial charge in [-0.15, -0.1) is 0 Å². The van der Waals surface area contributed by atoms with Crippen LogP contribution in [-0.2, 0) is 39.2 Å². The molecular weight excluding hydrogens is 593 g/mol. The van der Waals surface area contributed by atoms with Crippen molar-refractivity contribution in [2.45, 2.75) is 25.7 Å². The van der Waals surface area contributed by atoms with Crippen molar-refractivity contribution in [3.63, 3.8) is 0 Å². The van der Waals surface area contributed by atoms with Crippen molar-refractivity contribution < 1.29 is 18.0 Å².